The third-order valence-corrected chi connectivity index (χ3v) is 7.61. The molecule has 3 rings (SSSR count). The highest BCUT2D eigenvalue weighted by Crippen LogP contribution is 2.45. The summed E-state index contributed by atoms with van der Waals surface area (Å²) in [6.07, 6.45) is -2.16. The van der Waals surface area contributed by atoms with Crippen molar-refractivity contribution in [3.8, 4) is 5.75 Å². The summed E-state index contributed by atoms with van der Waals surface area (Å²) in [5.74, 6) is -1.93. The van der Waals surface area contributed by atoms with Crippen molar-refractivity contribution < 1.29 is 32.7 Å². The van der Waals surface area contributed by atoms with Crippen LogP contribution in [0.1, 0.15) is 77.8 Å². The maximum atomic E-state index is 14.2. The average molecular weight is 510 g/mol. The van der Waals surface area contributed by atoms with Gasteiger partial charge in [-0.2, -0.15) is 13.2 Å². The van der Waals surface area contributed by atoms with Gasteiger partial charge >= 0.3 is 12.1 Å². The molecule has 0 spiro atoms. The molecule has 1 fully saturated rings. The highest BCUT2D eigenvalue weighted by Gasteiger charge is 2.43. The highest BCUT2D eigenvalue weighted by atomic mass is 19.4. The first-order valence-corrected chi connectivity index (χ1v) is 12.2. The predicted molar refractivity (Wildman–Crippen MR) is 131 cm³/mol. The standard InChI is InChI=1S/C27H34F3NO5/c1-16(24(32)33)15-26(5,31(34)35)19-9-12-21-17(14-19)6-13-22(23(21)27(28,29)30)36-20-10-7-18(8-11-20)25(2,3)4/h6,9,12-14,16,18,20H,7-8,10-11,15H2,1-5H3,(H,32,33)/t16?,18-,20-,26?. The van der Waals surface area contributed by atoms with E-state index in [9.17, 15) is 33.2 Å². The minimum atomic E-state index is -4.69. The molecule has 6 nitrogen and oxygen atoms in total. The Balaban J connectivity index is 1.98. The van der Waals surface area contributed by atoms with Crippen molar-refractivity contribution in [1.29, 1.82) is 0 Å². The quantitative estimate of drug-likeness (QED) is 0.309. The molecule has 2 aromatic carbocycles. The number of benzene rings is 2. The minimum Gasteiger partial charge on any atom is -0.490 e. The van der Waals surface area contributed by atoms with E-state index in [4.69, 9.17) is 4.74 Å². The Morgan fingerprint density at radius 2 is 1.72 bits per heavy atom. The first kappa shape index (κ1) is 27.7. The smallest absolute Gasteiger partial charge is 0.420 e. The van der Waals surface area contributed by atoms with E-state index in [-0.39, 0.29) is 40.0 Å². The van der Waals surface area contributed by atoms with E-state index >= 15 is 0 Å². The number of aliphatic carboxylic acids is 1. The van der Waals surface area contributed by atoms with E-state index in [0.29, 0.717) is 18.8 Å². The second-order valence-electron chi connectivity index (χ2n) is 11.3. The van der Waals surface area contributed by atoms with Crippen LogP contribution in [0.3, 0.4) is 0 Å². The Morgan fingerprint density at radius 3 is 2.22 bits per heavy atom. The SMILES string of the molecule is CC(CC(C)(c1ccc2c(C(F)(F)F)c(O[C@H]3CC[C@H](C(C)(C)C)CC3)ccc2c1)[N+](=O)[O-])C(=O)O. The van der Waals surface area contributed by atoms with Gasteiger partial charge in [0, 0.05) is 23.8 Å². The molecule has 9 heteroatoms. The minimum absolute atomic E-state index is 0.107. The van der Waals surface area contributed by atoms with Gasteiger partial charge in [0.15, 0.2) is 0 Å². The molecule has 36 heavy (non-hydrogen) atoms. The lowest BCUT2D eigenvalue weighted by Crippen LogP contribution is -2.35. The molecular formula is C27H34F3NO5. The van der Waals surface area contributed by atoms with Crippen molar-refractivity contribution in [2.24, 2.45) is 17.3 Å². The van der Waals surface area contributed by atoms with Crippen LogP contribution in [0.5, 0.6) is 5.75 Å². The summed E-state index contributed by atoms with van der Waals surface area (Å²) in [6.45, 7) is 9.18. The molecule has 0 bridgehead atoms. The molecule has 0 amide bonds. The molecule has 0 saturated heterocycles. The summed E-state index contributed by atoms with van der Waals surface area (Å²) in [4.78, 5) is 22.6. The average Bonchev–Trinajstić information content (AvgIpc) is 2.77. The Hall–Kier alpha value is -2.84. The van der Waals surface area contributed by atoms with Crippen LogP contribution in [0.4, 0.5) is 13.2 Å². The summed E-state index contributed by atoms with van der Waals surface area (Å²) in [7, 11) is 0. The first-order chi connectivity index (χ1) is 16.5. The van der Waals surface area contributed by atoms with Gasteiger partial charge in [-0.1, -0.05) is 45.9 Å². The number of carboxylic acid groups (broad SMARTS) is 1. The molecule has 198 valence electrons. The van der Waals surface area contributed by atoms with Gasteiger partial charge < -0.3 is 9.84 Å². The van der Waals surface area contributed by atoms with E-state index in [1.807, 2.05) is 0 Å². The second kappa shape index (κ2) is 9.90. The molecule has 0 aromatic heterocycles. The van der Waals surface area contributed by atoms with Crippen LogP contribution in [0.2, 0.25) is 0 Å². The number of nitro groups is 1. The van der Waals surface area contributed by atoms with Crippen LogP contribution in [-0.2, 0) is 16.5 Å². The van der Waals surface area contributed by atoms with Gasteiger partial charge in [-0.25, -0.2) is 0 Å². The third kappa shape index (κ3) is 5.76. The number of rotatable bonds is 7. The van der Waals surface area contributed by atoms with Crippen LogP contribution in [0.25, 0.3) is 10.8 Å². The maximum absolute atomic E-state index is 14.2. The number of halogens is 3. The molecule has 0 aliphatic heterocycles. The lowest BCUT2D eigenvalue weighted by Gasteiger charge is -2.37. The lowest BCUT2D eigenvalue weighted by atomic mass is 9.72. The fraction of sp³-hybridized carbons (Fsp3) is 0.593. The van der Waals surface area contributed by atoms with Crippen molar-refractivity contribution in [3.05, 3.63) is 51.6 Å². The summed E-state index contributed by atoms with van der Waals surface area (Å²) >= 11 is 0. The topological polar surface area (TPSA) is 89.7 Å². The van der Waals surface area contributed by atoms with Crippen LogP contribution < -0.4 is 4.74 Å². The zero-order chi connectivity index (χ0) is 27.1. The highest BCUT2D eigenvalue weighted by molar-refractivity contribution is 5.89. The summed E-state index contributed by atoms with van der Waals surface area (Å²) in [5, 5.41) is 21.2. The van der Waals surface area contributed by atoms with Crippen LogP contribution >= 0.6 is 0 Å². The number of hydrogen-bond donors (Lipinski definition) is 1. The zero-order valence-electron chi connectivity index (χ0n) is 21.3. The summed E-state index contributed by atoms with van der Waals surface area (Å²) in [5.41, 5.74) is -2.38. The van der Waals surface area contributed by atoms with Gasteiger partial charge in [-0.3, -0.25) is 14.9 Å². The Bertz CT molecular complexity index is 1130. The van der Waals surface area contributed by atoms with Crippen LogP contribution in [0.15, 0.2) is 30.3 Å². The van der Waals surface area contributed by atoms with E-state index in [2.05, 4.69) is 20.8 Å². The first-order valence-electron chi connectivity index (χ1n) is 12.2. The predicted octanol–water partition coefficient (Wildman–Crippen LogP) is 7.45. The number of hydrogen-bond acceptors (Lipinski definition) is 4. The normalized spacial score (nSPS) is 21.6. The monoisotopic (exact) mass is 509 g/mol. The van der Waals surface area contributed by atoms with Crippen molar-refractivity contribution in [2.45, 2.75) is 84.5 Å². The van der Waals surface area contributed by atoms with Gasteiger partial charge in [0.25, 0.3) is 0 Å². The second-order valence-corrected chi connectivity index (χ2v) is 11.3. The fourth-order valence-corrected chi connectivity index (χ4v) is 5.24. The number of fused-ring (bicyclic) bond motifs is 1. The summed E-state index contributed by atoms with van der Waals surface area (Å²) in [6, 6.07) is 6.62. The molecule has 2 atom stereocenters. The summed E-state index contributed by atoms with van der Waals surface area (Å²) < 4.78 is 48.6. The van der Waals surface area contributed by atoms with Crippen LogP contribution in [-0.4, -0.2) is 22.1 Å². The van der Waals surface area contributed by atoms with Gasteiger partial charge in [0.2, 0.25) is 5.54 Å². The Kier molecular flexibility index (Phi) is 7.63. The van der Waals surface area contributed by atoms with Crippen molar-refractivity contribution >= 4 is 16.7 Å². The molecule has 2 aromatic rings. The number of alkyl halides is 3. The van der Waals surface area contributed by atoms with Gasteiger partial charge in [0.1, 0.15) is 11.3 Å². The third-order valence-electron chi connectivity index (χ3n) is 7.61. The Morgan fingerprint density at radius 1 is 1.11 bits per heavy atom. The number of carbonyl (C=O) groups is 1. The Labute approximate surface area is 209 Å². The van der Waals surface area contributed by atoms with Crippen molar-refractivity contribution in [3.63, 3.8) is 0 Å². The van der Waals surface area contributed by atoms with E-state index in [0.717, 1.165) is 12.8 Å². The maximum Gasteiger partial charge on any atom is 0.420 e. The number of carboxylic acids is 1. The van der Waals surface area contributed by atoms with E-state index in [1.54, 1.807) is 0 Å². The molecule has 1 aliphatic carbocycles. The molecule has 0 heterocycles. The number of ether oxygens (including phenoxy) is 1. The van der Waals surface area contributed by atoms with Crippen molar-refractivity contribution in [2.75, 3.05) is 0 Å². The molecular weight excluding hydrogens is 475 g/mol. The van der Waals surface area contributed by atoms with Crippen molar-refractivity contribution in [1.82, 2.24) is 0 Å². The van der Waals surface area contributed by atoms with E-state index < -0.39 is 34.1 Å². The molecule has 1 saturated carbocycles. The van der Waals surface area contributed by atoms with Gasteiger partial charge in [-0.05, 0) is 59.9 Å². The largest absolute Gasteiger partial charge is 0.490 e. The van der Waals surface area contributed by atoms with Crippen LogP contribution in [0, 0.1) is 27.4 Å². The lowest BCUT2D eigenvalue weighted by molar-refractivity contribution is -0.577. The molecule has 1 aliphatic rings. The zero-order valence-corrected chi connectivity index (χ0v) is 21.3. The molecule has 1 N–H and O–H groups in total. The van der Waals surface area contributed by atoms with E-state index in [1.165, 1.54) is 44.2 Å². The number of nitrogens with zero attached hydrogens (tertiary/aromatic N) is 1. The van der Waals surface area contributed by atoms with Gasteiger partial charge in [-0.15, -0.1) is 0 Å². The molecule has 0 radical (unpaired) electrons. The fourth-order valence-electron chi connectivity index (χ4n) is 5.24. The van der Waals surface area contributed by atoms with Gasteiger partial charge in [0.05, 0.1) is 12.0 Å². The molecule has 2 unspecified atom stereocenters.